The molecule has 0 radical (unpaired) electrons. The van der Waals surface area contributed by atoms with Gasteiger partial charge in [-0.25, -0.2) is 0 Å². The Morgan fingerprint density at radius 1 is 1.35 bits per heavy atom. The highest BCUT2D eigenvalue weighted by Gasteiger charge is 2.27. The Kier molecular flexibility index (Phi) is 5.76. The molecule has 20 heavy (non-hydrogen) atoms. The number of rotatable bonds is 5. The lowest BCUT2D eigenvalue weighted by Gasteiger charge is -2.31. The van der Waals surface area contributed by atoms with Gasteiger partial charge in [0.15, 0.2) is 8.32 Å². The van der Waals surface area contributed by atoms with E-state index in [0.717, 1.165) is 5.56 Å². The fourth-order valence-electron chi connectivity index (χ4n) is 1.82. The Morgan fingerprint density at radius 2 is 1.95 bits per heavy atom. The lowest BCUT2D eigenvalue weighted by Crippen LogP contribution is -2.40. The molecule has 0 saturated carbocycles. The number of benzene rings is 1. The summed E-state index contributed by atoms with van der Waals surface area (Å²) in [5.74, 6) is 0. The number of urea groups is 1. The van der Waals surface area contributed by atoms with Gasteiger partial charge in [-0.2, -0.15) is 0 Å². The van der Waals surface area contributed by atoms with Crippen molar-refractivity contribution < 1.29 is 9.22 Å². The first-order valence-corrected chi connectivity index (χ1v) is 9.82. The summed E-state index contributed by atoms with van der Waals surface area (Å²) in [5, 5.41) is 5.66. The van der Waals surface area contributed by atoms with Gasteiger partial charge in [0.1, 0.15) is 0 Å². The van der Waals surface area contributed by atoms with Crippen LogP contribution in [-0.4, -0.2) is 20.4 Å². The first-order valence-electron chi connectivity index (χ1n) is 6.42. The molecular formula is C13H20N4O2Si. The van der Waals surface area contributed by atoms with Crippen molar-refractivity contribution in [3.63, 3.8) is 0 Å². The molecule has 0 aliphatic carbocycles. The first-order chi connectivity index (χ1) is 9.33. The van der Waals surface area contributed by atoms with E-state index in [4.69, 9.17) is 9.96 Å². The van der Waals surface area contributed by atoms with E-state index in [1.807, 2.05) is 37.3 Å². The van der Waals surface area contributed by atoms with Crippen molar-refractivity contribution in [2.45, 2.75) is 38.7 Å². The summed E-state index contributed by atoms with van der Waals surface area (Å²) in [6.07, 6.45) is -0.263. The van der Waals surface area contributed by atoms with Crippen molar-refractivity contribution in [3.05, 3.63) is 46.3 Å². The van der Waals surface area contributed by atoms with E-state index in [-0.39, 0.29) is 12.1 Å². The minimum Gasteiger partial charge on any atom is -0.409 e. The minimum absolute atomic E-state index is 0.263. The number of nitrogens with zero attached hydrogens (tertiary/aromatic N) is 3. The zero-order chi connectivity index (χ0) is 15.2. The van der Waals surface area contributed by atoms with Crippen LogP contribution in [0, 0.1) is 0 Å². The van der Waals surface area contributed by atoms with Crippen LogP contribution in [0.25, 0.3) is 10.4 Å². The third-order valence-corrected chi connectivity index (χ3v) is 3.51. The van der Waals surface area contributed by atoms with E-state index in [1.165, 1.54) is 0 Å². The Morgan fingerprint density at radius 3 is 2.45 bits per heavy atom. The minimum atomic E-state index is -1.79. The van der Waals surface area contributed by atoms with Gasteiger partial charge in [-0.15, -0.1) is 0 Å². The third kappa shape index (κ3) is 5.44. The molecular weight excluding hydrogens is 272 g/mol. The molecule has 0 fully saturated rings. The number of hydrogen-bond donors (Lipinski definition) is 1. The van der Waals surface area contributed by atoms with Gasteiger partial charge in [0.2, 0.25) is 0 Å². The highest BCUT2D eigenvalue weighted by atomic mass is 28.4. The summed E-state index contributed by atoms with van der Waals surface area (Å²) < 4.78 is 6.15. The van der Waals surface area contributed by atoms with Crippen LogP contribution in [0.2, 0.25) is 19.6 Å². The van der Waals surface area contributed by atoms with Gasteiger partial charge in [-0.1, -0.05) is 30.3 Å². The Balaban J connectivity index is 2.93. The quantitative estimate of drug-likeness (QED) is 0.385. The summed E-state index contributed by atoms with van der Waals surface area (Å²) in [7, 11) is -1.79. The normalized spacial score (nSPS) is 14.0. The maximum absolute atomic E-state index is 11.4. The van der Waals surface area contributed by atoms with E-state index in [2.05, 4.69) is 35.0 Å². The Labute approximate surface area is 119 Å². The molecule has 0 bridgehead atoms. The van der Waals surface area contributed by atoms with Crippen LogP contribution in [0.5, 0.6) is 0 Å². The van der Waals surface area contributed by atoms with E-state index >= 15 is 0 Å². The zero-order valence-corrected chi connectivity index (χ0v) is 13.2. The fourth-order valence-corrected chi connectivity index (χ4v) is 2.92. The highest BCUT2D eigenvalue weighted by molar-refractivity contribution is 6.69. The topological polar surface area (TPSA) is 87.1 Å². The van der Waals surface area contributed by atoms with Crippen molar-refractivity contribution in [2.24, 2.45) is 5.11 Å². The lowest BCUT2D eigenvalue weighted by atomic mass is 10.0. The van der Waals surface area contributed by atoms with Crippen molar-refractivity contribution in [2.75, 3.05) is 0 Å². The van der Waals surface area contributed by atoms with Gasteiger partial charge in [0.25, 0.3) is 0 Å². The maximum atomic E-state index is 11.4. The fraction of sp³-hybridized carbons (Fsp3) is 0.462. The van der Waals surface area contributed by atoms with Crippen LogP contribution in [0.1, 0.15) is 18.6 Å². The molecule has 2 atom stereocenters. The SMILES string of the molecule is C[C@@H](NC(=O)N=[N+]=[N-])[C@H](O[Si](C)(C)C)c1ccccc1. The molecule has 2 amide bonds. The number of amides is 2. The monoisotopic (exact) mass is 292 g/mol. The molecule has 108 valence electrons. The molecule has 0 heterocycles. The van der Waals surface area contributed by atoms with Crippen LogP contribution in [0.3, 0.4) is 0 Å². The van der Waals surface area contributed by atoms with Crippen molar-refractivity contribution in [1.82, 2.24) is 5.32 Å². The molecule has 1 aromatic carbocycles. The molecule has 0 aliphatic rings. The predicted molar refractivity (Wildman–Crippen MR) is 80.8 cm³/mol. The van der Waals surface area contributed by atoms with Gasteiger partial charge in [0.05, 0.1) is 12.1 Å². The smallest absolute Gasteiger partial charge is 0.308 e. The van der Waals surface area contributed by atoms with Crippen molar-refractivity contribution in [1.29, 1.82) is 0 Å². The highest BCUT2D eigenvalue weighted by Crippen LogP contribution is 2.25. The number of azide groups is 1. The third-order valence-electron chi connectivity index (χ3n) is 2.55. The standard InChI is InChI=1S/C13H20N4O2Si/c1-10(15-13(18)16-17-14)12(19-20(2,3)4)11-8-6-5-7-9-11/h5-10,12H,1-4H3,(H,15,18)/t10-,12+/m1/s1. The molecule has 0 saturated heterocycles. The molecule has 1 N–H and O–H groups in total. The van der Waals surface area contributed by atoms with Crippen LogP contribution in [-0.2, 0) is 4.43 Å². The van der Waals surface area contributed by atoms with Gasteiger partial charge in [-0.3, -0.25) is 4.79 Å². The molecule has 7 heteroatoms. The molecule has 0 aromatic heterocycles. The zero-order valence-electron chi connectivity index (χ0n) is 12.2. The summed E-state index contributed by atoms with van der Waals surface area (Å²) in [5.41, 5.74) is 9.25. The molecule has 1 rings (SSSR count). The van der Waals surface area contributed by atoms with Gasteiger partial charge >= 0.3 is 6.03 Å². The van der Waals surface area contributed by atoms with E-state index in [0.29, 0.717) is 0 Å². The van der Waals surface area contributed by atoms with Crippen LogP contribution < -0.4 is 5.32 Å². The van der Waals surface area contributed by atoms with Crippen LogP contribution in [0.4, 0.5) is 4.79 Å². The second-order valence-corrected chi connectivity index (χ2v) is 9.95. The molecule has 0 aliphatic heterocycles. The Bertz CT molecular complexity index is 495. The average molecular weight is 292 g/mol. The summed E-state index contributed by atoms with van der Waals surface area (Å²) in [6, 6.07) is 8.72. The maximum Gasteiger partial charge on any atom is 0.308 e. The van der Waals surface area contributed by atoms with E-state index in [9.17, 15) is 4.79 Å². The number of nitrogens with one attached hydrogen (secondary N) is 1. The summed E-state index contributed by atoms with van der Waals surface area (Å²) in [6.45, 7) is 8.10. The second kappa shape index (κ2) is 7.09. The van der Waals surface area contributed by atoms with Crippen molar-refractivity contribution in [3.8, 4) is 0 Å². The molecule has 0 spiro atoms. The molecule has 6 nitrogen and oxygen atoms in total. The van der Waals surface area contributed by atoms with E-state index in [1.54, 1.807) is 0 Å². The number of carbonyl (C=O) groups excluding carboxylic acids is 1. The summed E-state index contributed by atoms with van der Waals surface area (Å²) in [4.78, 5) is 13.9. The average Bonchev–Trinajstić information content (AvgIpc) is 2.36. The second-order valence-electron chi connectivity index (χ2n) is 5.49. The summed E-state index contributed by atoms with van der Waals surface area (Å²) >= 11 is 0. The van der Waals surface area contributed by atoms with Crippen molar-refractivity contribution >= 4 is 14.3 Å². The van der Waals surface area contributed by atoms with Crippen LogP contribution in [0.15, 0.2) is 35.4 Å². The van der Waals surface area contributed by atoms with Gasteiger partial charge in [-0.05, 0) is 37.7 Å². The largest absolute Gasteiger partial charge is 0.409 e. The molecule has 0 unspecified atom stereocenters. The van der Waals surface area contributed by atoms with Gasteiger partial charge < -0.3 is 9.74 Å². The lowest BCUT2D eigenvalue weighted by molar-refractivity contribution is 0.156. The predicted octanol–water partition coefficient (Wildman–Crippen LogP) is 3.99. The Hall–Kier alpha value is -1.82. The molecule has 1 aromatic rings. The number of carbonyl (C=O) groups is 1. The first kappa shape index (κ1) is 16.2. The number of hydrogen-bond acceptors (Lipinski definition) is 2. The van der Waals surface area contributed by atoms with Gasteiger partial charge in [0, 0.05) is 10.0 Å². The van der Waals surface area contributed by atoms with E-state index < -0.39 is 14.3 Å². The van der Waals surface area contributed by atoms with Crippen LogP contribution >= 0.6 is 0 Å².